The van der Waals surface area contributed by atoms with Crippen LogP contribution in [0, 0.1) is 0 Å². The molecule has 1 aliphatic rings. The topological polar surface area (TPSA) is 55.6 Å². The lowest BCUT2D eigenvalue weighted by Crippen LogP contribution is -2.44. The molecule has 7 heteroatoms. The van der Waals surface area contributed by atoms with Gasteiger partial charge >= 0.3 is 6.18 Å². The van der Waals surface area contributed by atoms with E-state index in [9.17, 15) is 18.0 Å². The van der Waals surface area contributed by atoms with Crippen molar-refractivity contribution in [2.24, 2.45) is 5.73 Å². The third kappa shape index (κ3) is 3.87. The Labute approximate surface area is 120 Å². The zero-order valence-electron chi connectivity index (χ0n) is 11.4. The lowest BCUT2D eigenvalue weighted by Gasteiger charge is -2.31. The highest BCUT2D eigenvalue weighted by Crippen LogP contribution is 2.35. The van der Waals surface area contributed by atoms with E-state index in [0.717, 1.165) is 4.90 Å². The number of para-hydroxylation sites is 1. The summed E-state index contributed by atoms with van der Waals surface area (Å²) in [4.78, 5) is 13.2. The van der Waals surface area contributed by atoms with Gasteiger partial charge in [-0.3, -0.25) is 4.79 Å². The first-order valence-electron chi connectivity index (χ1n) is 6.69. The van der Waals surface area contributed by atoms with E-state index in [1.54, 1.807) is 24.3 Å². The third-order valence-electron chi connectivity index (χ3n) is 3.34. The fourth-order valence-electron chi connectivity index (χ4n) is 2.46. The number of rotatable bonds is 4. The van der Waals surface area contributed by atoms with Crippen molar-refractivity contribution < 1.29 is 22.7 Å². The average Bonchev–Trinajstić information content (AvgIpc) is 2.44. The minimum absolute atomic E-state index is 0.00726. The largest absolute Gasteiger partial charge is 0.493 e. The Hall–Kier alpha value is -1.76. The van der Waals surface area contributed by atoms with E-state index in [1.165, 1.54) is 0 Å². The molecule has 0 saturated carbocycles. The first-order chi connectivity index (χ1) is 9.92. The number of carbonyl (C=O) groups is 1. The predicted octanol–water partition coefficient (Wildman–Crippen LogP) is 1.90. The summed E-state index contributed by atoms with van der Waals surface area (Å²) in [6.45, 7) is -1.08. The van der Waals surface area contributed by atoms with Crippen LogP contribution in [0.4, 0.5) is 13.2 Å². The summed E-state index contributed by atoms with van der Waals surface area (Å²) >= 11 is 0. The van der Waals surface area contributed by atoms with Gasteiger partial charge in [-0.15, -0.1) is 0 Å². The van der Waals surface area contributed by atoms with E-state index < -0.39 is 24.5 Å². The number of amides is 1. The van der Waals surface area contributed by atoms with Crippen molar-refractivity contribution >= 4 is 5.91 Å². The van der Waals surface area contributed by atoms with E-state index >= 15 is 0 Å². The van der Waals surface area contributed by atoms with Crippen LogP contribution in [-0.4, -0.2) is 43.2 Å². The number of fused-ring (bicyclic) bond motifs is 1. The zero-order valence-corrected chi connectivity index (χ0v) is 11.4. The Bertz CT molecular complexity index is 505. The van der Waals surface area contributed by atoms with Crippen LogP contribution in [0.2, 0.25) is 0 Å². The highest BCUT2D eigenvalue weighted by Gasteiger charge is 2.37. The van der Waals surface area contributed by atoms with Crippen LogP contribution in [0.3, 0.4) is 0 Å². The number of alkyl halides is 3. The number of nitrogens with zero attached hydrogens (tertiary/aromatic N) is 1. The monoisotopic (exact) mass is 302 g/mol. The molecule has 0 aromatic heterocycles. The maximum Gasteiger partial charge on any atom is 0.406 e. The molecule has 0 fully saturated rings. The molecule has 0 saturated heterocycles. The second-order valence-corrected chi connectivity index (χ2v) is 4.89. The van der Waals surface area contributed by atoms with Gasteiger partial charge in [0.2, 0.25) is 5.91 Å². The molecular weight excluding hydrogens is 285 g/mol. The molecule has 1 amide bonds. The second-order valence-electron chi connectivity index (χ2n) is 4.89. The number of hydrogen-bond acceptors (Lipinski definition) is 3. The molecule has 1 aromatic rings. The van der Waals surface area contributed by atoms with Crippen molar-refractivity contribution in [3.05, 3.63) is 29.8 Å². The summed E-state index contributed by atoms with van der Waals surface area (Å²) in [5.41, 5.74) is 5.96. The van der Waals surface area contributed by atoms with Crippen LogP contribution in [0.25, 0.3) is 0 Å². The molecule has 1 unspecified atom stereocenters. The fourth-order valence-corrected chi connectivity index (χ4v) is 2.46. The summed E-state index contributed by atoms with van der Waals surface area (Å²) < 4.78 is 43.2. The molecule has 0 aliphatic carbocycles. The standard InChI is InChI=1S/C14H17F3N2O2/c15-14(16,17)9-19(7-6-18)13(20)11-5-8-21-12-4-2-1-3-10(11)12/h1-4,11H,5-9,18H2. The van der Waals surface area contributed by atoms with Gasteiger partial charge in [0.1, 0.15) is 12.3 Å². The molecule has 0 radical (unpaired) electrons. The molecule has 116 valence electrons. The average molecular weight is 302 g/mol. The number of ether oxygens (including phenoxy) is 1. The Morgan fingerprint density at radius 3 is 2.76 bits per heavy atom. The Morgan fingerprint density at radius 1 is 1.38 bits per heavy atom. The minimum atomic E-state index is -4.44. The molecule has 2 rings (SSSR count). The quantitative estimate of drug-likeness (QED) is 0.924. The van der Waals surface area contributed by atoms with Crippen LogP contribution in [-0.2, 0) is 4.79 Å². The van der Waals surface area contributed by atoms with Gasteiger partial charge < -0.3 is 15.4 Å². The summed E-state index contributed by atoms with van der Waals surface area (Å²) in [6.07, 6.45) is -4.07. The highest BCUT2D eigenvalue weighted by atomic mass is 19.4. The van der Waals surface area contributed by atoms with Crippen molar-refractivity contribution in [2.75, 3.05) is 26.2 Å². The molecular formula is C14H17F3N2O2. The smallest absolute Gasteiger partial charge is 0.406 e. The summed E-state index contributed by atoms with van der Waals surface area (Å²) in [6, 6.07) is 6.93. The van der Waals surface area contributed by atoms with Gasteiger partial charge in [-0.25, -0.2) is 0 Å². The first kappa shape index (κ1) is 15.6. The van der Waals surface area contributed by atoms with Gasteiger partial charge in [0.25, 0.3) is 0 Å². The van der Waals surface area contributed by atoms with Crippen molar-refractivity contribution in [3.8, 4) is 5.75 Å². The molecule has 1 aromatic carbocycles. The van der Waals surface area contributed by atoms with E-state index in [0.29, 0.717) is 24.3 Å². The number of hydrogen-bond donors (Lipinski definition) is 1. The molecule has 0 bridgehead atoms. The van der Waals surface area contributed by atoms with Crippen LogP contribution in [0.15, 0.2) is 24.3 Å². The van der Waals surface area contributed by atoms with E-state index in [-0.39, 0.29) is 13.1 Å². The van der Waals surface area contributed by atoms with Crippen molar-refractivity contribution in [1.82, 2.24) is 4.90 Å². The number of carbonyl (C=O) groups excluding carboxylic acids is 1. The Kier molecular flexibility index (Phi) is 4.72. The van der Waals surface area contributed by atoms with Crippen LogP contribution < -0.4 is 10.5 Å². The molecule has 1 atom stereocenters. The van der Waals surface area contributed by atoms with Crippen molar-refractivity contribution in [3.63, 3.8) is 0 Å². The summed E-state index contributed by atoms with van der Waals surface area (Å²) in [7, 11) is 0. The van der Waals surface area contributed by atoms with Crippen LogP contribution in [0.1, 0.15) is 17.9 Å². The molecule has 4 nitrogen and oxygen atoms in total. The Balaban J connectivity index is 2.21. The zero-order chi connectivity index (χ0) is 15.5. The third-order valence-corrected chi connectivity index (χ3v) is 3.34. The summed E-state index contributed by atoms with van der Waals surface area (Å²) in [5.74, 6) is -0.598. The van der Waals surface area contributed by atoms with Gasteiger partial charge in [-0.05, 0) is 12.5 Å². The predicted molar refractivity (Wildman–Crippen MR) is 71.0 cm³/mol. The van der Waals surface area contributed by atoms with E-state index in [2.05, 4.69) is 0 Å². The minimum Gasteiger partial charge on any atom is -0.493 e. The van der Waals surface area contributed by atoms with Crippen molar-refractivity contribution in [1.29, 1.82) is 0 Å². The Morgan fingerprint density at radius 2 is 2.10 bits per heavy atom. The number of halogens is 3. The fraction of sp³-hybridized carbons (Fsp3) is 0.500. The lowest BCUT2D eigenvalue weighted by molar-refractivity contribution is -0.162. The lowest BCUT2D eigenvalue weighted by atomic mass is 9.91. The maximum atomic E-state index is 12.6. The normalized spacial score (nSPS) is 17.8. The molecule has 0 spiro atoms. The SMILES string of the molecule is NCCN(CC(F)(F)F)C(=O)C1CCOc2ccccc21. The molecule has 21 heavy (non-hydrogen) atoms. The number of nitrogens with two attached hydrogens (primary N) is 1. The van der Waals surface area contributed by atoms with E-state index in [4.69, 9.17) is 10.5 Å². The second kappa shape index (κ2) is 6.34. The number of benzene rings is 1. The molecule has 2 N–H and O–H groups in total. The van der Waals surface area contributed by atoms with Crippen molar-refractivity contribution in [2.45, 2.75) is 18.5 Å². The van der Waals surface area contributed by atoms with Gasteiger partial charge in [0.15, 0.2) is 0 Å². The van der Waals surface area contributed by atoms with Crippen LogP contribution in [0.5, 0.6) is 5.75 Å². The van der Waals surface area contributed by atoms with Gasteiger partial charge in [-0.2, -0.15) is 13.2 Å². The van der Waals surface area contributed by atoms with Gasteiger partial charge in [0, 0.05) is 18.7 Å². The summed E-state index contributed by atoms with van der Waals surface area (Å²) in [5, 5.41) is 0. The highest BCUT2D eigenvalue weighted by molar-refractivity contribution is 5.85. The van der Waals surface area contributed by atoms with E-state index in [1.807, 2.05) is 0 Å². The van der Waals surface area contributed by atoms with Gasteiger partial charge in [-0.1, -0.05) is 18.2 Å². The van der Waals surface area contributed by atoms with Gasteiger partial charge in [0.05, 0.1) is 12.5 Å². The maximum absolute atomic E-state index is 12.6. The first-order valence-corrected chi connectivity index (χ1v) is 6.69. The van der Waals surface area contributed by atoms with Crippen LogP contribution >= 0.6 is 0 Å². The molecule has 1 aliphatic heterocycles. The molecule has 1 heterocycles.